The standard InChI is InChI=1S/C17H16N4O2/c1-2-15(22)19-20-16-17(23)21(12-8-4-3-5-9-12)14-11-7-6-10-13(14)18-16/h3-11H,2H2,1H3,(H,18,20)(H,19,22). The van der Waals surface area contributed by atoms with E-state index in [-0.39, 0.29) is 17.3 Å². The van der Waals surface area contributed by atoms with E-state index in [0.29, 0.717) is 17.5 Å². The van der Waals surface area contributed by atoms with Gasteiger partial charge in [-0.15, -0.1) is 0 Å². The summed E-state index contributed by atoms with van der Waals surface area (Å²) in [6, 6.07) is 16.7. The summed E-state index contributed by atoms with van der Waals surface area (Å²) in [5.41, 5.74) is 6.86. The Morgan fingerprint density at radius 3 is 2.52 bits per heavy atom. The maximum Gasteiger partial charge on any atom is 0.300 e. The Morgan fingerprint density at radius 2 is 1.78 bits per heavy atom. The van der Waals surface area contributed by atoms with Gasteiger partial charge >= 0.3 is 0 Å². The van der Waals surface area contributed by atoms with Crippen LogP contribution in [0.5, 0.6) is 0 Å². The smallest absolute Gasteiger partial charge is 0.277 e. The molecule has 0 radical (unpaired) electrons. The summed E-state index contributed by atoms with van der Waals surface area (Å²) in [7, 11) is 0. The molecule has 23 heavy (non-hydrogen) atoms. The first-order chi connectivity index (χ1) is 11.2. The van der Waals surface area contributed by atoms with E-state index in [9.17, 15) is 9.59 Å². The van der Waals surface area contributed by atoms with Crippen molar-refractivity contribution in [2.45, 2.75) is 13.3 Å². The number of anilines is 1. The van der Waals surface area contributed by atoms with Gasteiger partial charge < -0.3 is 0 Å². The fourth-order valence-corrected chi connectivity index (χ4v) is 2.26. The van der Waals surface area contributed by atoms with Crippen molar-refractivity contribution in [3.8, 4) is 5.69 Å². The SMILES string of the molecule is CCC(=O)NNc1nc2ccccc2n(-c2ccccc2)c1=O. The van der Waals surface area contributed by atoms with Crippen LogP contribution in [0, 0.1) is 0 Å². The highest BCUT2D eigenvalue weighted by Gasteiger charge is 2.12. The normalized spacial score (nSPS) is 10.5. The lowest BCUT2D eigenvalue weighted by molar-refractivity contribution is -0.120. The van der Waals surface area contributed by atoms with E-state index >= 15 is 0 Å². The number of hydrogen-bond donors (Lipinski definition) is 2. The van der Waals surface area contributed by atoms with Crippen LogP contribution < -0.4 is 16.4 Å². The van der Waals surface area contributed by atoms with Gasteiger partial charge in [0, 0.05) is 12.1 Å². The van der Waals surface area contributed by atoms with Gasteiger partial charge in [0.05, 0.1) is 11.0 Å². The first kappa shape index (κ1) is 14.8. The molecule has 2 N–H and O–H groups in total. The number of para-hydroxylation sites is 3. The first-order valence-corrected chi connectivity index (χ1v) is 7.32. The summed E-state index contributed by atoms with van der Waals surface area (Å²) in [4.78, 5) is 28.5. The zero-order valence-electron chi connectivity index (χ0n) is 12.6. The van der Waals surface area contributed by atoms with Crippen LogP contribution >= 0.6 is 0 Å². The van der Waals surface area contributed by atoms with Crippen molar-refractivity contribution in [2.24, 2.45) is 0 Å². The van der Waals surface area contributed by atoms with E-state index in [4.69, 9.17) is 0 Å². The monoisotopic (exact) mass is 308 g/mol. The minimum absolute atomic E-state index is 0.0781. The Labute approximate surface area is 132 Å². The van der Waals surface area contributed by atoms with Crippen LogP contribution in [-0.2, 0) is 4.79 Å². The summed E-state index contributed by atoms with van der Waals surface area (Å²) in [5, 5.41) is 0. The van der Waals surface area contributed by atoms with E-state index in [1.807, 2.05) is 54.6 Å². The van der Waals surface area contributed by atoms with Gasteiger partial charge in [0.2, 0.25) is 11.7 Å². The van der Waals surface area contributed by atoms with Crippen molar-refractivity contribution in [2.75, 3.05) is 5.43 Å². The van der Waals surface area contributed by atoms with Crippen molar-refractivity contribution in [3.05, 3.63) is 65.0 Å². The molecule has 0 saturated heterocycles. The van der Waals surface area contributed by atoms with Gasteiger partial charge in [-0.2, -0.15) is 0 Å². The van der Waals surface area contributed by atoms with Crippen LogP contribution in [0.25, 0.3) is 16.7 Å². The Morgan fingerprint density at radius 1 is 1.09 bits per heavy atom. The molecule has 0 spiro atoms. The van der Waals surface area contributed by atoms with Gasteiger partial charge in [-0.1, -0.05) is 37.3 Å². The number of nitrogens with zero attached hydrogens (tertiary/aromatic N) is 2. The third kappa shape index (κ3) is 2.91. The lowest BCUT2D eigenvalue weighted by atomic mass is 10.2. The Bertz CT molecular complexity index is 903. The van der Waals surface area contributed by atoms with E-state index in [1.54, 1.807) is 11.5 Å². The van der Waals surface area contributed by atoms with Gasteiger partial charge in [-0.3, -0.25) is 25.0 Å². The summed E-state index contributed by atoms with van der Waals surface area (Å²) in [6.07, 6.45) is 0.313. The van der Waals surface area contributed by atoms with Crippen LogP contribution in [0.4, 0.5) is 5.82 Å². The molecule has 0 fully saturated rings. The number of benzene rings is 2. The zero-order chi connectivity index (χ0) is 16.2. The summed E-state index contributed by atoms with van der Waals surface area (Å²) >= 11 is 0. The van der Waals surface area contributed by atoms with Gasteiger partial charge in [0.1, 0.15) is 0 Å². The van der Waals surface area contributed by atoms with Crippen molar-refractivity contribution in [1.82, 2.24) is 15.0 Å². The molecule has 0 aliphatic carbocycles. The zero-order valence-corrected chi connectivity index (χ0v) is 12.6. The van der Waals surface area contributed by atoms with Crippen molar-refractivity contribution in [1.29, 1.82) is 0 Å². The Hall–Kier alpha value is -3.15. The minimum Gasteiger partial charge on any atom is -0.277 e. The second kappa shape index (κ2) is 6.31. The molecule has 1 amide bonds. The molecule has 0 aliphatic rings. The molecule has 116 valence electrons. The molecule has 1 aromatic heterocycles. The number of aromatic nitrogens is 2. The molecule has 2 aromatic carbocycles. The summed E-state index contributed by atoms with van der Waals surface area (Å²) in [6.45, 7) is 1.73. The number of carbonyl (C=O) groups excluding carboxylic acids is 1. The van der Waals surface area contributed by atoms with E-state index in [2.05, 4.69) is 15.8 Å². The van der Waals surface area contributed by atoms with E-state index in [1.165, 1.54) is 0 Å². The van der Waals surface area contributed by atoms with Gasteiger partial charge in [0.25, 0.3) is 5.56 Å². The highest BCUT2D eigenvalue weighted by Crippen LogP contribution is 2.16. The quantitative estimate of drug-likeness (QED) is 0.725. The second-order valence-corrected chi connectivity index (χ2v) is 4.95. The molecule has 1 heterocycles. The number of amides is 1. The van der Waals surface area contributed by atoms with E-state index < -0.39 is 0 Å². The lowest BCUT2D eigenvalue weighted by Crippen LogP contribution is -2.34. The van der Waals surface area contributed by atoms with Crippen LogP contribution in [0.15, 0.2) is 59.4 Å². The van der Waals surface area contributed by atoms with Crippen molar-refractivity contribution in [3.63, 3.8) is 0 Å². The number of hydrazine groups is 1. The average molecular weight is 308 g/mol. The highest BCUT2D eigenvalue weighted by molar-refractivity contribution is 5.79. The predicted molar refractivity (Wildman–Crippen MR) is 89.4 cm³/mol. The van der Waals surface area contributed by atoms with Crippen LogP contribution in [0.2, 0.25) is 0 Å². The van der Waals surface area contributed by atoms with Crippen LogP contribution in [0.3, 0.4) is 0 Å². The highest BCUT2D eigenvalue weighted by atomic mass is 16.2. The number of carbonyl (C=O) groups is 1. The Kier molecular flexibility index (Phi) is 4.05. The number of hydrogen-bond acceptors (Lipinski definition) is 4. The molecular formula is C17H16N4O2. The third-order valence-electron chi connectivity index (χ3n) is 3.42. The molecule has 3 rings (SSSR count). The third-order valence-corrected chi connectivity index (χ3v) is 3.42. The number of nitrogens with one attached hydrogen (secondary N) is 2. The predicted octanol–water partition coefficient (Wildman–Crippen LogP) is 2.24. The average Bonchev–Trinajstić information content (AvgIpc) is 2.60. The molecule has 0 bridgehead atoms. The minimum atomic E-state index is -0.327. The molecular weight excluding hydrogens is 292 g/mol. The molecule has 0 aliphatic heterocycles. The van der Waals surface area contributed by atoms with Crippen LogP contribution in [-0.4, -0.2) is 15.5 Å². The summed E-state index contributed by atoms with van der Waals surface area (Å²) < 4.78 is 1.57. The topological polar surface area (TPSA) is 76.0 Å². The Balaban J connectivity index is 2.18. The summed E-state index contributed by atoms with van der Waals surface area (Å²) in [5.74, 6) is -0.139. The number of fused-ring (bicyclic) bond motifs is 1. The largest absolute Gasteiger partial charge is 0.300 e. The second-order valence-electron chi connectivity index (χ2n) is 4.95. The van der Waals surface area contributed by atoms with Gasteiger partial charge in [-0.25, -0.2) is 4.98 Å². The molecule has 6 heteroatoms. The van der Waals surface area contributed by atoms with Crippen molar-refractivity contribution < 1.29 is 4.79 Å². The molecule has 3 aromatic rings. The molecule has 6 nitrogen and oxygen atoms in total. The van der Waals surface area contributed by atoms with Crippen molar-refractivity contribution >= 4 is 22.8 Å². The molecule has 0 atom stereocenters. The fourth-order valence-electron chi connectivity index (χ4n) is 2.26. The fraction of sp³-hybridized carbons (Fsp3) is 0.118. The van der Waals surface area contributed by atoms with Gasteiger partial charge in [-0.05, 0) is 24.3 Å². The maximum atomic E-state index is 12.8. The molecule has 0 unspecified atom stereocenters. The molecule has 0 saturated carbocycles. The van der Waals surface area contributed by atoms with Gasteiger partial charge in [0.15, 0.2) is 0 Å². The lowest BCUT2D eigenvalue weighted by Gasteiger charge is -2.13. The van der Waals surface area contributed by atoms with E-state index in [0.717, 1.165) is 5.69 Å². The maximum absolute atomic E-state index is 12.8. The van der Waals surface area contributed by atoms with Crippen LogP contribution in [0.1, 0.15) is 13.3 Å². The number of rotatable bonds is 4. The first-order valence-electron chi connectivity index (χ1n) is 7.32.